The van der Waals surface area contributed by atoms with E-state index in [9.17, 15) is 0 Å². The van der Waals surface area contributed by atoms with E-state index < -0.39 is 0 Å². The number of hydrogen-bond donors (Lipinski definition) is 1. The smallest absolute Gasteiger partial charge is 0.0864 e. The fourth-order valence-electron chi connectivity index (χ4n) is 1.39. The van der Waals surface area contributed by atoms with Gasteiger partial charge in [-0.3, -0.25) is 0 Å². The molecular weight excluding hydrogens is 168 g/mol. The number of aliphatic hydroxyl groups excluding tert-OH is 1. The third-order valence-corrected chi connectivity index (χ3v) is 1.91. The highest BCUT2D eigenvalue weighted by atomic mass is 16.6. The van der Waals surface area contributed by atoms with Crippen LogP contribution in [0.2, 0.25) is 0 Å². The van der Waals surface area contributed by atoms with E-state index in [2.05, 4.69) is 0 Å². The maximum absolute atomic E-state index is 8.54. The molecule has 0 aromatic rings. The van der Waals surface area contributed by atoms with Gasteiger partial charge in [0.05, 0.1) is 31.5 Å². The van der Waals surface area contributed by atoms with Gasteiger partial charge >= 0.3 is 0 Å². The van der Waals surface area contributed by atoms with E-state index in [0.717, 1.165) is 6.42 Å². The summed E-state index contributed by atoms with van der Waals surface area (Å²) in [6, 6.07) is 0. The highest BCUT2D eigenvalue weighted by Crippen LogP contribution is 2.20. The average Bonchev–Trinajstić information content (AvgIpc) is 2.03. The molecule has 0 saturated carbocycles. The van der Waals surface area contributed by atoms with Gasteiger partial charge in [-0.2, -0.15) is 0 Å². The van der Waals surface area contributed by atoms with E-state index in [0.29, 0.717) is 13.2 Å². The molecule has 0 unspecified atom stereocenters. The van der Waals surface area contributed by atoms with Crippen molar-refractivity contribution in [3.63, 3.8) is 0 Å². The van der Waals surface area contributed by atoms with Crippen LogP contribution in [-0.4, -0.2) is 36.6 Å². The second-order valence-corrected chi connectivity index (χ2v) is 3.90. The molecule has 1 aliphatic heterocycles. The molecule has 1 fully saturated rings. The molecule has 1 aliphatic rings. The standard InChI is InChI=1S/C10H18O3/c1-10(2)8-12-7-9(13-10)5-3-4-6-11/h3-4,9,11H,5-8H2,1-2H3/b4-3+/t9-/m0/s1. The summed E-state index contributed by atoms with van der Waals surface area (Å²) in [6.45, 7) is 5.45. The highest BCUT2D eigenvalue weighted by Gasteiger charge is 2.28. The lowest BCUT2D eigenvalue weighted by atomic mass is 10.1. The molecular formula is C10H18O3. The minimum absolute atomic E-state index is 0.0942. The number of rotatable bonds is 3. The molecule has 1 rings (SSSR count). The molecule has 1 N–H and O–H groups in total. The second kappa shape index (κ2) is 4.74. The Morgan fingerprint density at radius 1 is 1.46 bits per heavy atom. The second-order valence-electron chi connectivity index (χ2n) is 3.90. The Morgan fingerprint density at radius 3 is 2.85 bits per heavy atom. The lowest BCUT2D eigenvalue weighted by Crippen LogP contribution is -2.42. The average molecular weight is 186 g/mol. The third kappa shape index (κ3) is 3.89. The van der Waals surface area contributed by atoms with Crippen LogP contribution in [0.3, 0.4) is 0 Å². The Bertz CT molecular complexity index is 175. The van der Waals surface area contributed by atoms with Crippen LogP contribution in [0.4, 0.5) is 0 Å². The van der Waals surface area contributed by atoms with Gasteiger partial charge in [-0.25, -0.2) is 0 Å². The monoisotopic (exact) mass is 186 g/mol. The summed E-state index contributed by atoms with van der Waals surface area (Å²) in [6.07, 6.45) is 4.59. The van der Waals surface area contributed by atoms with E-state index in [1.807, 2.05) is 19.9 Å². The zero-order valence-electron chi connectivity index (χ0n) is 8.32. The fourth-order valence-corrected chi connectivity index (χ4v) is 1.39. The molecule has 1 saturated heterocycles. The summed E-state index contributed by atoms with van der Waals surface area (Å²) in [5.74, 6) is 0. The molecule has 1 atom stereocenters. The van der Waals surface area contributed by atoms with Crippen molar-refractivity contribution < 1.29 is 14.6 Å². The largest absolute Gasteiger partial charge is 0.392 e. The van der Waals surface area contributed by atoms with Gasteiger partial charge in [0.1, 0.15) is 0 Å². The van der Waals surface area contributed by atoms with Crippen LogP contribution < -0.4 is 0 Å². The van der Waals surface area contributed by atoms with Crippen LogP contribution >= 0.6 is 0 Å². The topological polar surface area (TPSA) is 38.7 Å². The van der Waals surface area contributed by atoms with Gasteiger partial charge in [-0.1, -0.05) is 12.2 Å². The van der Waals surface area contributed by atoms with Crippen molar-refractivity contribution in [2.75, 3.05) is 19.8 Å². The quantitative estimate of drug-likeness (QED) is 0.671. The summed E-state index contributed by atoms with van der Waals surface area (Å²) >= 11 is 0. The van der Waals surface area contributed by atoms with E-state index >= 15 is 0 Å². The molecule has 3 nitrogen and oxygen atoms in total. The first-order chi connectivity index (χ1) is 6.14. The molecule has 0 radical (unpaired) electrons. The van der Waals surface area contributed by atoms with Gasteiger partial charge in [0.15, 0.2) is 0 Å². The minimum atomic E-state index is -0.171. The Morgan fingerprint density at radius 2 is 2.23 bits per heavy atom. The fraction of sp³-hybridized carbons (Fsp3) is 0.800. The first-order valence-electron chi connectivity index (χ1n) is 4.65. The van der Waals surface area contributed by atoms with Crippen molar-refractivity contribution in [2.24, 2.45) is 0 Å². The summed E-state index contributed by atoms with van der Waals surface area (Å²) in [5.41, 5.74) is -0.171. The molecule has 3 heteroatoms. The maximum atomic E-state index is 8.54. The predicted octanol–water partition coefficient (Wildman–Crippen LogP) is 1.12. The van der Waals surface area contributed by atoms with Gasteiger partial charge in [-0.05, 0) is 20.3 Å². The Labute approximate surface area is 79.3 Å². The molecule has 1 heterocycles. The van der Waals surface area contributed by atoms with Crippen LogP contribution in [0.1, 0.15) is 20.3 Å². The molecule has 76 valence electrons. The van der Waals surface area contributed by atoms with Gasteiger partial charge < -0.3 is 14.6 Å². The zero-order valence-corrected chi connectivity index (χ0v) is 8.32. The third-order valence-electron chi connectivity index (χ3n) is 1.91. The molecule has 0 spiro atoms. The van der Waals surface area contributed by atoms with Crippen LogP contribution in [0.15, 0.2) is 12.2 Å². The Kier molecular flexibility index (Phi) is 3.90. The van der Waals surface area contributed by atoms with Crippen LogP contribution in [0.25, 0.3) is 0 Å². The zero-order chi connectivity index (χ0) is 9.73. The minimum Gasteiger partial charge on any atom is -0.392 e. The maximum Gasteiger partial charge on any atom is 0.0864 e. The highest BCUT2D eigenvalue weighted by molar-refractivity contribution is 4.86. The van der Waals surface area contributed by atoms with Crippen molar-refractivity contribution in [3.05, 3.63) is 12.2 Å². The van der Waals surface area contributed by atoms with E-state index in [1.165, 1.54) is 0 Å². The van der Waals surface area contributed by atoms with Crippen molar-refractivity contribution in [3.8, 4) is 0 Å². The van der Waals surface area contributed by atoms with Gasteiger partial charge in [0.2, 0.25) is 0 Å². The SMILES string of the molecule is CC1(C)COC[C@H](C/C=C/CO)O1. The number of hydrogen-bond acceptors (Lipinski definition) is 3. The van der Waals surface area contributed by atoms with Gasteiger partial charge in [-0.15, -0.1) is 0 Å². The molecule has 13 heavy (non-hydrogen) atoms. The first-order valence-corrected chi connectivity index (χ1v) is 4.65. The van der Waals surface area contributed by atoms with Crippen molar-refractivity contribution >= 4 is 0 Å². The Balaban J connectivity index is 2.30. The van der Waals surface area contributed by atoms with Crippen LogP contribution in [-0.2, 0) is 9.47 Å². The lowest BCUT2D eigenvalue weighted by Gasteiger charge is -2.35. The predicted molar refractivity (Wildman–Crippen MR) is 50.6 cm³/mol. The van der Waals surface area contributed by atoms with Crippen molar-refractivity contribution in [1.82, 2.24) is 0 Å². The van der Waals surface area contributed by atoms with Gasteiger partial charge in [0.25, 0.3) is 0 Å². The van der Waals surface area contributed by atoms with E-state index in [4.69, 9.17) is 14.6 Å². The Hall–Kier alpha value is -0.380. The van der Waals surface area contributed by atoms with Crippen LogP contribution in [0.5, 0.6) is 0 Å². The summed E-state index contributed by atoms with van der Waals surface area (Å²) in [7, 11) is 0. The molecule has 0 bridgehead atoms. The van der Waals surface area contributed by atoms with E-state index in [-0.39, 0.29) is 18.3 Å². The van der Waals surface area contributed by atoms with E-state index in [1.54, 1.807) is 6.08 Å². The first kappa shape index (κ1) is 10.7. The normalized spacial score (nSPS) is 28.1. The molecule has 0 aromatic heterocycles. The molecule has 0 aromatic carbocycles. The van der Waals surface area contributed by atoms with Gasteiger partial charge in [0, 0.05) is 0 Å². The molecule has 0 amide bonds. The summed E-state index contributed by atoms with van der Waals surface area (Å²) in [5, 5.41) is 8.54. The molecule has 0 aliphatic carbocycles. The van der Waals surface area contributed by atoms with Crippen LogP contribution in [0, 0.1) is 0 Å². The van der Waals surface area contributed by atoms with Crippen molar-refractivity contribution in [1.29, 1.82) is 0 Å². The number of ether oxygens (including phenoxy) is 2. The summed E-state index contributed by atoms with van der Waals surface area (Å²) < 4.78 is 11.2. The lowest BCUT2D eigenvalue weighted by molar-refractivity contribution is -0.180. The van der Waals surface area contributed by atoms with Crippen molar-refractivity contribution in [2.45, 2.75) is 32.0 Å². The number of aliphatic hydroxyl groups is 1. The summed E-state index contributed by atoms with van der Waals surface area (Å²) in [4.78, 5) is 0.